The first-order valence-corrected chi connectivity index (χ1v) is 9.83. The van der Waals surface area contributed by atoms with Gasteiger partial charge in [0.15, 0.2) is 0 Å². The summed E-state index contributed by atoms with van der Waals surface area (Å²) in [6, 6.07) is 30.3. The Morgan fingerprint density at radius 1 is 0.710 bits per heavy atom. The van der Waals surface area contributed by atoms with Gasteiger partial charge in [0.25, 0.3) is 5.69 Å². The number of nitrogens with one attached hydrogen (secondary N) is 1. The number of para-hydroxylation sites is 4. The van der Waals surface area contributed by atoms with Crippen LogP contribution in [0.5, 0.6) is 0 Å². The molecule has 6 heteroatoms. The van der Waals surface area contributed by atoms with Crippen LogP contribution in [0.4, 0.5) is 34.1 Å². The quantitative estimate of drug-likeness (QED) is 0.208. The summed E-state index contributed by atoms with van der Waals surface area (Å²) in [5.41, 5.74) is 3.63. The van der Waals surface area contributed by atoms with E-state index in [1.165, 1.54) is 6.07 Å². The number of hydrogen-bond donors (Lipinski definition) is 1. The van der Waals surface area contributed by atoms with Crippen LogP contribution < -0.4 is 9.96 Å². The molecule has 4 aromatic carbocycles. The summed E-state index contributed by atoms with van der Waals surface area (Å²) < 4.78 is -0.742. The average molecular weight is 411 g/mol. The summed E-state index contributed by atoms with van der Waals surface area (Å²) in [4.78, 5) is 10.9. The monoisotopic (exact) mass is 411 g/mol. The topological polar surface area (TPSA) is 78.2 Å². The van der Waals surface area contributed by atoms with Crippen molar-refractivity contribution < 1.29 is 4.92 Å². The lowest BCUT2D eigenvalue weighted by molar-refractivity contribution is -0.383. The molecule has 0 amide bonds. The number of benzene rings is 4. The van der Waals surface area contributed by atoms with E-state index in [1.807, 2.05) is 73.7 Å². The second kappa shape index (κ2) is 8.39. The van der Waals surface area contributed by atoms with Crippen molar-refractivity contribution in [3.05, 3.63) is 124 Å². The summed E-state index contributed by atoms with van der Waals surface area (Å²) in [7, 11) is 0. The summed E-state index contributed by atoms with van der Waals surface area (Å²) in [5.74, 6) is 0. The minimum absolute atomic E-state index is 0.00602. The van der Waals surface area contributed by atoms with E-state index in [-0.39, 0.29) is 5.69 Å². The van der Waals surface area contributed by atoms with Crippen molar-refractivity contribution in [2.45, 2.75) is 6.92 Å². The molecule has 0 fully saturated rings. The van der Waals surface area contributed by atoms with Crippen molar-refractivity contribution in [2.75, 3.05) is 5.32 Å². The standard InChI is InChI=1S/C25H21N3O3/c1-19-18-22(16-17-23(19)26-24-14-8-9-15-25(24)27(29)30)28(31,20-10-4-2-5-11-20)21-12-6-3-7-13-21/h2-18,26H,1H3. The molecule has 0 aliphatic carbocycles. The predicted octanol–water partition coefficient (Wildman–Crippen LogP) is 7.12. The molecule has 154 valence electrons. The Morgan fingerprint density at radius 2 is 1.26 bits per heavy atom. The lowest BCUT2D eigenvalue weighted by Crippen LogP contribution is -2.31. The number of rotatable bonds is 6. The van der Waals surface area contributed by atoms with Crippen molar-refractivity contribution in [1.82, 2.24) is 4.65 Å². The zero-order chi connectivity index (χ0) is 21.8. The molecule has 0 atom stereocenters. The van der Waals surface area contributed by atoms with E-state index >= 15 is 0 Å². The van der Waals surface area contributed by atoms with Gasteiger partial charge >= 0.3 is 0 Å². The summed E-state index contributed by atoms with van der Waals surface area (Å²) in [6.07, 6.45) is 0. The molecule has 0 aromatic heterocycles. The van der Waals surface area contributed by atoms with Crippen LogP contribution >= 0.6 is 0 Å². The van der Waals surface area contributed by atoms with Crippen molar-refractivity contribution in [3.8, 4) is 0 Å². The van der Waals surface area contributed by atoms with Gasteiger partial charge in [-0.25, -0.2) is 0 Å². The van der Waals surface area contributed by atoms with E-state index in [0.717, 1.165) is 5.56 Å². The second-order valence-corrected chi connectivity index (χ2v) is 7.18. The number of nitrogens with zero attached hydrogens (tertiary/aromatic N) is 2. The Balaban J connectivity index is 1.78. The first kappa shape index (κ1) is 20.3. The van der Waals surface area contributed by atoms with E-state index in [1.54, 1.807) is 30.3 Å². The zero-order valence-corrected chi connectivity index (χ0v) is 16.9. The molecular formula is C25H21N3O3. The average Bonchev–Trinajstić information content (AvgIpc) is 2.81. The van der Waals surface area contributed by atoms with Gasteiger partial charge in [-0.2, -0.15) is 0 Å². The minimum Gasteiger partial charge on any atom is -0.616 e. The highest BCUT2D eigenvalue weighted by Crippen LogP contribution is 2.43. The Kier molecular flexibility index (Phi) is 5.49. The lowest BCUT2D eigenvalue weighted by atomic mass is 10.1. The SMILES string of the molecule is Cc1cc([N+]([O-])(c2ccccc2)c2ccccc2)ccc1Nc1ccccc1[N+](=O)[O-]. The zero-order valence-electron chi connectivity index (χ0n) is 16.9. The largest absolute Gasteiger partial charge is 0.616 e. The van der Waals surface area contributed by atoms with E-state index in [0.29, 0.717) is 28.4 Å². The molecule has 0 saturated carbocycles. The summed E-state index contributed by atoms with van der Waals surface area (Å²) >= 11 is 0. The molecule has 0 radical (unpaired) electrons. The fraction of sp³-hybridized carbons (Fsp3) is 0.0400. The van der Waals surface area contributed by atoms with Gasteiger partial charge in [0.05, 0.1) is 4.92 Å². The summed E-state index contributed by atoms with van der Waals surface area (Å²) in [5, 5.41) is 28.7. The third-order valence-electron chi connectivity index (χ3n) is 5.18. The number of quaternary nitrogens is 1. The number of nitro groups is 1. The molecule has 0 bridgehead atoms. The van der Waals surface area contributed by atoms with E-state index in [2.05, 4.69) is 5.32 Å². The molecule has 4 rings (SSSR count). The highest BCUT2D eigenvalue weighted by atomic mass is 16.6. The first-order chi connectivity index (χ1) is 15.0. The van der Waals surface area contributed by atoms with Crippen molar-refractivity contribution in [3.63, 3.8) is 0 Å². The molecule has 31 heavy (non-hydrogen) atoms. The Labute approximate surface area is 180 Å². The predicted molar refractivity (Wildman–Crippen MR) is 125 cm³/mol. The van der Waals surface area contributed by atoms with Gasteiger partial charge in [-0.15, -0.1) is 0 Å². The van der Waals surface area contributed by atoms with Crippen LogP contribution in [-0.4, -0.2) is 4.92 Å². The van der Waals surface area contributed by atoms with Gasteiger partial charge in [0.1, 0.15) is 22.7 Å². The third kappa shape index (κ3) is 3.90. The van der Waals surface area contributed by atoms with Crippen molar-refractivity contribution in [2.24, 2.45) is 0 Å². The number of aryl methyl sites for hydroxylation is 1. The highest BCUT2D eigenvalue weighted by Gasteiger charge is 2.27. The molecule has 4 aromatic rings. The molecule has 0 unspecified atom stereocenters. The summed E-state index contributed by atoms with van der Waals surface area (Å²) in [6.45, 7) is 1.88. The maximum absolute atomic E-state index is 14.3. The molecule has 6 nitrogen and oxygen atoms in total. The Hall–Kier alpha value is -4.00. The third-order valence-corrected chi connectivity index (χ3v) is 5.18. The van der Waals surface area contributed by atoms with Crippen molar-refractivity contribution >= 4 is 34.1 Å². The molecule has 0 spiro atoms. The second-order valence-electron chi connectivity index (χ2n) is 7.18. The van der Waals surface area contributed by atoms with Crippen LogP contribution in [0.15, 0.2) is 103 Å². The molecule has 0 heterocycles. The van der Waals surface area contributed by atoms with Crippen LogP contribution in [0.1, 0.15) is 5.56 Å². The van der Waals surface area contributed by atoms with E-state index in [9.17, 15) is 15.3 Å². The fourth-order valence-corrected chi connectivity index (χ4v) is 3.59. The van der Waals surface area contributed by atoms with Crippen LogP contribution in [-0.2, 0) is 0 Å². The Morgan fingerprint density at radius 3 is 1.81 bits per heavy atom. The molecule has 0 aliphatic heterocycles. The lowest BCUT2D eigenvalue weighted by Gasteiger charge is -2.41. The number of hydrogen-bond acceptors (Lipinski definition) is 4. The van der Waals surface area contributed by atoms with Gasteiger partial charge in [-0.3, -0.25) is 14.8 Å². The van der Waals surface area contributed by atoms with E-state index in [4.69, 9.17) is 0 Å². The van der Waals surface area contributed by atoms with Crippen LogP contribution in [0.25, 0.3) is 0 Å². The van der Waals surface area contributed by atoms with Crippen molar-refractivity contribution in [1.29, 1.82) is 0 Å². The van der Waals surface area contributed by atoms with Crippen LogP contribution in [0.2, 0.25) is 0 Å². The number of anilines is 2. The molecule has 0 saturated heterocycles. The maximum Gasteiger partial charge on any atom is 0.292 e. The highest BCUT2D eigenvalue weighted by molar-refractivity contribution is 5.76. The van der Waals surface area contributed by atoms with Crippen LogP contribution in [0.3, 0.4) is 0 Å². The molecular weight excluding hydrogens is 390 g/mol. The van der Waals surface area contributed by atoms with Crippen LogP contribution in [0, 0.1) is 22.2 Å². The van der Waals surface area contributed by atoms with Gasteiger partial charge < -0.3 is 10.5 Å². The minimum atomic E-state index is -0.742. The van der Waals surface area contributed by atoms with E-state index < -0.39 is 9.57 Å². The number of nitro benzene ring substituents is 1. The smallest absolute Gasteiger partial charge is 0.292 e. The molecule has 1 N–H and O–H groups in total. The van der Waals surface area contributed by atoms with Gasteiger partial charge in [0, 0.05) is 48.2 Å². The fourth-order valence-electron chi connectivity index (χ4n) is 3.59. The molecule has 0 aliphatic rings. The van der Waals surface area contributed by atoms with Gasteiger partial charge in [-0.05, 0) is 24.6 Å². The van der Waals surface area contributed by atoms with Gasteiger partial charge in [0.2, 0.25) is 0 Å². The Bertz CT molecular complexity index is 1170. The normalized spacial score (nSPS) is 11.2. The van der Waals surface area contributed by atoms with Gasteiger partial charge in [-0.1, -0.05) is 48.5 Å². The maximum atomic E-state index is 14.3. The first-order valence-electron chi connectivity index (χ1n) is 9.83.